The van der Waals surface area contributed by atoms with E-state index < -0.39 is 0 Å². The first kappa shape index (κ1) is 4.87. The summed E-state index contributed by atoms with van der Waals surface area (Å²) in [5, 5.41) is 16.5. The van der Waals surface area contributed by atoms with Crippen LogP contribution >= 0.6 is 0 Å². The molecular formula is C6H4N2. The van der Waals surface area contributed by atoms with Crippen LogP contribution in [0.25, 0.3) is 0 Å². The van der Waals surface area contributed by atoms with E-state index in [1.165, 1.54) is 0 Å². The summed E-state index contributed by atoms with van der Waals surface area (Å²) in [7, 11) is 0. The molecule has 2 nitrogen and oxygen atoms in total. The molecule has 1 aliphatic carbocycles. The quantitative estimate of drug-likeness (QED) is 0.427. The number of hydrogen-bond donors (Lipinski definition) is 0. The monoisotopic (exact) mass is 104 g/mol. The molecule has 0 amide bonds. The van der Waals surface area contributed by atoms with E-state index in [9.17, 15) is 0 Å². The van der Waals surface area contributed by atoms with Gasteiger partial charge >= 0.3 is 0 Å². The lowest BCUT2D eigenvalue weighted by Crippen LogP contribution is -2.13. The second-order valence-electron chi connectivity index (χ2n) is 1.69. The van der Waals surface area contributed by atoms with Gasteiger partial charge < -0.3 is 0 Å². The van der Waals surface area contributed by atoms with Crippen LogP contribution in [0.2, 0.25) is 0 Å². The van der Waals surface area contributed by atoms with Gasteiger partial charge in [-0.15, -0.1) is 0 Å². The Morgan fingerprint density at radius 1 is 1.00 bits per heavy atom. The van der Waals surface area contributed by atoms with Crippen molar-refractivity contribution in [2.75, 3.05) is 0 Å². The lowest BCUT2D eigenvalue weighted by atomic mass is 9.85. The van der Waals surface area contributed by atoms with E-state index in [4.69, 9.17) is 10.5 Å². The lowest BCUT2D eigenvalue weighted by molar-refractivity contribution is 0.635. The SMILES string of the molecule is N#CC1C=CC1C#N. The van der Waals surface area contributed by atoms with Gasteiger partial charge in [0.1, 0.15) is 0 Å². The summed E-state index contributed by atoms with van der Waals surface area (Å²) in [6.07, 6.45) is 3.49. The molecule has 0 aliphatic heterocycles. The highest BCUT2D eigenvalue weighted by molar-refractivity contribution is 5.23. The molecule has 0 aromatic carbocycles. The first-order chi connectivity index (χ1) is 3.88. The van der Waals surface area contributed by atoms with Crippen molar-refractivity contribution in [2.45, 2.75) is 0 Å². The summed E-state index contributed by atoms with van der Waals surface area (Å²) in [5.41, 5.74) is 0. The molecule has 38 valence electrons. The molecule has 0 bridgehead atoms. The van der Waals surface area contributed by atoms with Crippen LogP contribution in [0.3, 0.4) is 0 Å². The zero-order valence-corrected chi connectivity index (χ0v) is 4.20. The predicted octanol–water partition coefficient (Wildman–Crippen LogP) is 0.836. The van der Waals surface area contributed by atoms with E-state index in [0.29, 0.717) is 0 Å². The van der Waals surface area contributed by atoms with Gasteiger partial charge in [-0.25, -0.2) is 0 Å². The van der Waals surface area contributed by atoms with Crippen molar-refractivity contribution in [3.63, 3.8) is 0 Å². The highest BCUT2D eigenvalue weighted by Crippen LogP contribution is 2.22. The molecule has 2 unspecified atom stereocenters. The second-order valence-corrected chi connectivity index (χ2v) is 1.69. The fourth-order valence-corrected chi connectivity index (χ4v) is 0.580. The molecule has 8 heavy (non-hydrogen) atoms. The van der Waals surface area contributed by atoms with E-state index >= 15 is 0 Å². The Morgan fingerprint density at radius 2 is 1.38 bits per heavy atom. The van der Waals surface area contributed by atoms with Gasteiger partial charge in [-0.1, -0.05) is 12.2 Å². The standard InChI is InChI=1S/C6H4N2/c7-3-5-1-2-6(5)4-8/h1-2,5-6H. The van der Waals surface area contributed by atoms with Gasteiger partial charge in [-0.2, -0.15) is 10.5 Å². The van der Waals surface area contributed by atoms with E-state index in [1.54, 1.807) is 12.2 Å². The highest BCUT2D eigenvalue weighted by Gasteiger charge is 2.22. The molecule has 1 rings (SSSR count). The van der Waals surface area contributed by atoms with Crippen LogP contribution in [-0.2, 0) is 0 Å². The molecule has 0 N–H and O–H groups in total. The van der Waals surface area contributed by atoms with Gasteiger partial charge in [-0.3, -0.25) is 0 Å². The van der Waals surface area contributed by atoms with Crippen molar-refractivity contribution in [1.82, 2.24) is 0 Å². The third-order valence-corrected chi connectivity index (χ3v) is 1.21. The molecule has 0 aromatic heterocycles. The van der Waals surface area contributed by atoms with Crippen LogP contribution < -0.4 is 0 Å². The zero-order valence-electron chi connectivity index (χ0n) is 4.20. The highest BCUT2D eigenvalue weighted by atomic mass is 14.4. The molecule has 1 aliphatic rings. The third-order valence-electron chi connectivity index (χ3n) is 1.21. The first-order valence-electron chi connectivity index (χ1n) is 2.36. The zero-order chi connectivity index (χ0) is 5.98. The average molecular weight is 104 g/mol. The van der Waals surface area contributed by atoms with E-state index in [2.05, 4.69) is 0 Å². The van der Waals surface area contributed by atoms with Crippen molar-refractivity contribution in [3.05, 3.63) is 12.2 Å². The Kier molecular flexibility index (Phi) is 1.02. The molecule has 0 aromatic rings. The van der Waals surface area contributed by atoms with Crippen molar-refractivity contribution < 1.29 is 0 Å². The molecular weight excluding hydrogens is 100 g/mol. The smallest absolute Gasteiger partial charge is 0.0837 e. The maximum Gasteiger partial charge on any atom is 0.0837 e. The fourth-order valence-electron chi connectivity index (χ4n) is 0.580. The van der Waals surface area contributed by atoms with Crippen molar-refractivity contribution in [2.24, 2.45) is 11.8 Å². The van der Waals surface area contributed by atoms with Crippen molar-refractivity contribution >= 4 is 0 Å². The molecule has 0 radical (unpaired) electrons. The summed E-state index contributed by atoms with van der Waals surface area (Å²) < 4.78 is 0. The largest absolute Gasteiger partial charge is 0.198 e. The molecule has 0 heterocycles. The Morgan fingerprint density at radius 3 is 1.50 bits per heavy atom. The topological polar surface area (TPSA) is 47.6 Å². The van der Waals surface area contributed by atoms with Crippen molar-refractivity contribution in [1.29, 1.82) is 10.5 Å². The number of nitriles is 2. The van der Waals surface area contributed by atoms with Gasteiger partial charge in [-0.05, 0) is 0 Å². The van der Waals surface area contributed by atoms with Crippen LogP contribution in [0.1, 0.15) is 0 Å². The molecule has 2 atom stereocenters. The average Bonchev–Trinajstić information content (AvgIpc) is 1.66. The maximum atomic E-state index is 8.24. The summed E-state index contributed by atoms with van der Waals surface area (Å²) in [4.78, 5) is 0. The minimum absolute atomic E-state index is 0.139. The van der Waals surface area contributed by atoms with Crippen LogP contribution in [0.4, 0.5) is 0 Å². The lowest BCUT2D eigenvalue weighted by Gasteiger charge is -2.14. The number of hydrogen-bond acceptors (Lipinski definition) is 2. The second kappa shape index (κ2) is 1.68. The van der Waals surface area contributed by atoms with Gasteiger partial charge in [0.2, 0.25) is 0 Å². The van der Waals surface area contributed by atoms with Gasteiger partial charge in [0.25, 0.3) is 0 Å². The third kappa shape index (κ3) is 0.476. The minimum Gasteiger partial charge on any atom is -0.198 e. The van der Waals surface area contributed by atoms with Crippen molar-refractivity contribution in [3.8, 4) is 12.1 Å². The normalized spacial score (nSPS) is 32.2. The number of nitrogens with zero attached hydrogens (tertiary/aromatic N) is 2. The Hall–Kier alpha value is -1.28. The Labute approximate surface area is 47.7 Å². The van der Waals surface area contributed by atoms with Crippen LogP contribution in [0, 0.1) is 34.5 Å². The first-order valence-corrected chi connectivity index (χ1v) is 2.36. The summed E-state index contributed by atoms with van der Waals surface area (Å²) in [6.45, 7) is 0. The van der Waals surface area contributed by atoms with Gasteiger partial charge in [0.15, 0.2) is 0 Å². The fraction of sp³-hybridized carbons (Fsp3) is 0.333. The van der Waals surface area contributed by atoms with Gasteiger partial charge in [0, 0.05) is 0 Å². The molecule has 0 saturated carbocycles. The summed E-state index contributed by atoms with van der Waals surface area (Å²) >= 11 is 0. The molecule has 0 fully saturated rings. The Bertz CT molecular complexity index is 170. The van der Waals surface area contributed by atoms with Crippen LogP contribution in [0.5, 0.6) is 0 Å². The van der Waals surface area contributed by atoms with E-state index in [0.717, 1.165) is 0 Å². The van der Waals surface area contributed by atoms with E-state index in [1.807, 2.05) is 12.1 Å². The molecule has 2 heteroatoms. The van der Waals surface area contributed by atoms with Crippen LogP contribution in [0.15, 0.2) is 12.2 Å². The minimum atomic E-state index is -0.139. The molecule has 0 spiro atoms. The maximum absolute atomic E-state index is 8.24. The van der Waals surface area contributed by atoms with Gasteiger partial charge in [0.05, 0.1) is 24.0 Å². The predicted molar refractivity (Wildman–Crippen MR) is 27.3 cm³/mol. The summed E-state index contributed by atoms with van der Waals surface area (Å²) in [5.74, 6) is -0.278. The van der Waals surface area contributed by atoms with Crippen LogP contribution in [-0.4, -0.2) is 0 Å². The molecule has 0 saturated heterocycles. The summed E-state index contributed by atoms with van der Waals surface area (Å²) in [6, 6.07) is 3.99. The number of allylic oxidation sites excluding steroid dienone is 2. The Balaban J connectivity index is 2.61. The number of rotatable bonds is 0. The van der Waals surface area contributed by atoms with E-state index in [-0.39, 0.29) is 11.8 Å².